The molecule has 5 heteroatoms. The molecule has 0 fully saturated rings. The second-order valence-corrected chi connectivity index (χ2v) is 1.45. The molecule has 0 bridgehead atoms. The molecule has 0 heterocycles. The van der Waals surface area contributed by atoms with Gasteiger partial charge >= 0.3 is 0 Å². The molecule has 0 aliphatic rings. The Bertz CT molecular complexity index is 26.5. The summed E-state index contributed by atoms with van der Waals surface area (Å²) in [5.41, 5.74) is 0. The van der Waals surface area contributed by atoms with E-state index in [1.54, 1.807) is 0 Å². The van der Waals surface area contributed by atoms with Crippen LogP contribution in [0.1, 0.15) is 26.7 Å². The summed E-state index contributed by atoms with van der Waals surface area (Å²) in [4.78, 5) is 0. The first-order valence-corrected chi connectivity index (χ1v) is 3.05. The molecule has 0 aromatic carbocycles. The first-order valence-electron chi connectivity index (χ1n) is 3.05. The van der Waals surface area contributed by atoms with E-state index in [-0.39, 0.29) is 50.7 Å². The Morgan fingerprint density at radius 2 is 0.909 bits per heavy atom. The van der Waals surface area contributed by atoms with Crippen LogP contribution in [0.25, 0.3) is 0 Å². The molecule has 0 saturated heterocycles. The van der Waals surface area contributed by atoms with Crippen molar-refractivity contribution in [2.24, 2.45) is 0 Å². The van der Waals surface area contributed by atoms with Crippen LogP contribution >= 0.6 is 24.8 Å². The first-order chi connectivity index (χ1) is 3.83. The van der Waals surface area contributed by atoms with Crippen LogP contribution in [0.4, 0.5) is 0 Å². The van der Waals surface area contributed by atoms with E-state index in [0.29, 0.717) is 13.2 Å². The quantitative estimate of drug-likeness (QED) is 0.724. The number of rotatable bonds is 2. The molecule has 0 aliphatic heterocycles. The first kappa shape index (κ1) is 29.4. The number of aliphatic hydroxyl groups excluding tert-OH is 2. The minimum absolute atomic E-state index is 0. The predicted octanol–water partition coefficient (Wildman–Crippen LogP) is 1.62. The van der Waals surface area contributed by atoms with E-state index in [4.69, 9.17) is 10.2 Å². The normalized spacial score (nSPS) is 5.45. The van der Waals surface area contributed by atoms with Crippen molar-refractivity contribution in [1.29, 1.82) is 0 Å². The van der Waals surface area contributed by atoms with E-state index in [0.717, 1.165) is 12.8 Å². The van der Waals surface area contributed by atoms with Gasteiger partial charge in [0.15, 0.2) is 0 Å². The van der Waals surface area contributed by atoms with Gasteiger partial charge in [-0.1, -0.05) is 13.8 Å². The smallest absolute Gasteiger partial charge is 0.0428 e. The molecule has 0 aliphatic carbocycles. The third-order valence-corrected chi connectivity index (χ3v) is 0.447. The summed E-state index contributed by atoms with van der Waals surface area (Å²) in [5.74, 6) is 0. The summed E-state index contributed by atoms with van der Waals surface area (Å²) < 4.78 is 0. The average Bonchev–Trinajstić information content (AvgIpc) is 1.88. The second kappa shape index (κ2) is 42.4. The van der Waals surface area contributed by atoms with Gasteiger partial charge in [-0.05, 0) is 12.8 Å². The summed E-state index contributed by atoms with van der Waals surface area (Å²) in [6.45, 7) is 4.50. The van der Waals surface area contributed by atoms with E-state index in [9.17, 15) is 0 Å². The van der Waals surface area contributed by atoms with Crippen molar-refractivity contribution in [2.45, 2.75) is 26.7 Å². The maximum atomic E-state index is 7.88. The fourth-order valence-corrected chi connectivity index (χ4v) is 0. The third kappa shape index (κ3) is 87.9. The zero-order valence-corrected chi connectivity index (χ0v) is 12.3. The molecule has 0 radical (unpaired) electrons. The van der Waals surface area contributed by atoms with Crippen LogP contribution in [0.2, 0.25) is 0 Å². The van der Waals surface area contributed by atoms with Crippen LogP contribution < -0.4 is 0 Å². The Balaban J connectivity index is -0.0000000171. The SMILES string of the molecule is CCCO.CCCO.Cl.Cl.[Hf]. The van der Waals surface area contributed by atoms with Gasteiger partial charge in [-0.15, -0.1) is 24.8 Å². The van der Waals surface area contributed by atoms with E-state index in [2.05, 4.69) is 0 Å². The van der Waals surface area contributed by atoms with Crippen LogP contribution in [-0.2, 0) is 25.8 Å². The largest absolute Gasteiger partial charge is 0.396 e. The second-order valence-electron chi connectivity index (χ2n) is 1.45. The predicted molar refractivity (Wildman–Crippen MR) is 49.2 cm³/mol. The van der Waals surface area contributed by atoms with Gasteiger partial charge in [0.05, 0.1) is 0 Å². The Hall–Kier alpha value is 1.37. The molecule has 0 atom stereocenters. The molecule has 0 saturated carbocycles. The molecule has 0 aromatic heterocycles. The molecule has 11 heavy (non-hydrogen) atoms. The van der Waals surface area contributed by atoms with Crippen molar-refractivity contribution in [3.8, 4) is 0 Å². The minimum Gasteiger partial charge on any atom is -0.396 e. The molecule has 72 valence electrons. The summed E-state index contributed by atoms with van der Waals surface area (Å²) in [6.07, 6.45) is 1.75. The van der Waals surface area contributed by atoms with Crippen LogP contribution in [0.5, 0.6) is 0 Å². The van der Waals surface area contributed by atoms with Crippen molar-refractivity contribution in [3.63, 3.8) is 0 Å². The van der Waals surface area contributed by atoms with Crippen LogP contribution in [0.3, 0.4) is 0 Å². The van der Waals surface area contributed by atoms with Gasteiger partial charge in [-0.2, -0.15) is 0 Å². The van der Waals surface area contributed by atoms with E-state index in [1.165, 1.54) is 0 Å². The molecule has 0 amide bonds. The van der Waals surface area contributed by atoms with Crippen molar-refractivity contribution >= 4 is 24.8 Å². The van der Waals surface area contributed by atoms with Gasteiger partial charge in [0.2, 0.25) is 0 Å². The van der Waals surface area contributed by atoms with Gasteiger partial charge in [-0.25, -0.2) is 0 Å². The summed E-state index contributed by atoms with van der Waals surface area (Å²) >= 11 is 0. The van der Waals surface area contributed by atoms with Crippen molar-refractivity contribution in [3.05, 3.63) is 0 Å². The number of aliphatic hydroxyl groups is 2. The van der Waals surface area contributed by atoms with Gasteiger partial charge in [0.1, 0.15) is 0 Å². The Morgan fingerprint density at radius 1 is 0.818 bits per heavy atom. The maximum Gasteiger partial charge on any atom is 0.0428 e. The molecule has 2 N–H and O–H groups in total. The Morgan fingerprint density at radius 3 is 0.909 bits per heavy atom. The van der Waals surface area contributed by atoms with Gasteiger partial charge < -0.3 is 10.2 Å². The fraction of sp³-hybridized carbons (Fsp3) is 1.00. The number of hydrogen-bond donors (Lipinski definition) is 2. The third-order valence-electron chi connectivity index (χ3n) is 0.447. The standard InChI is InChI=1S/2C3H8O.2ClH.Hf/c2*1-2-3-4;;;/h2*4H,2-3H2,1H3;2*1H;. The van der Waals surface area contributed by atoms with Crippen molar-refractivity contribution in [2.75, 3.05) is 13.2 Å². The molecule has 0 aromatic rings. The molecule has 0 unspecified atom stereocenters. The number of hydrogen-bond acceptors (Lipinski definition) is 2. The summed E-state index contributed by atoms with van der Waals surface area (Å²) in [6, 6.07) is 0. The van der Waals surface area contributed by atoms with E-state index >= 15 is 0 Å². The van der Waals surface area contributed by atoms with Gasteiger partial charge in [0, 0.05) is 39.1 Å². The van der Waals surface area contributed by atoms with Crippen molar-refractivity contribution < 1.29 is 36.1 Å². The molecular formula is C6H18Cl2HfO2. The van der Waals surface area contributed by atoms with E-state index in [1.807, 2.05) is 13.8 Å². The molecular weight excluding hydrogens is 353 g/mol. The zero-order chi connectivity index (χ0) is 6.83. The molecule has 2 nitrogen and oxygen atoms in total. The summed E-state index contributed by atoms with van der Waals surface area (Å²) in [5, 5.41) is 15.8. The Kier molecular flexibility index (Phi) is 113. The van der Waals surface area contributed by atoms with Crippen LogP contribution in [0.15, 0.2) is 0 Å². The van der Waals surface area contributed by atoms with Gasteiger partial charge in [0.25, 0.3) is 0 Å². The van der Waals surface area contributed by atoms with E-state index < -0.39 is 0 Å². The van der Waals surface area contributed by atoms with Gasteiger partial charge in [-0.3, -0.25) is 0 Å². The molecule has 0 rings (SSSR count). The minimum atomic E-state index is 0. The zero-order valence-electron chi connectivity index (χ0n) is 7.04. The molecule has 0 spiro atoms. The van der Waals surface area contributed by atoms with Crippen LogP contribution in [0, 0.1) is 0 Å². The topological polar surface area (TPSA) is 40.5 Å². The van der Waals surface area contributed by atoms with Crippen LogP contribution in [-0.4, -0.2) is 23.4 Å². The monoisotopic (exact) mass is 372 g/mol. The average molecular weight is 372 g/mol. The Labute approximate surface area is 100 Å². The van der Waals surface area contributed by atoms with Crippen molar-refractivity contribution in [1.82, 2.24) is 0 Å². The fourth-order valence-electron chi connectivity index (χ4n) is 0. The maximum absolute atomic E-state index is 7.88. The number of halogens is 2. The summed E-state index contributed by atoms with van der Waals surface area (Å²) in [7, 11) is 0.